The standard InChI is InChI=1S/C8H8FN3/c1-12-7-4-5(9)2-3-6(7)8(10)11-12/h2-4H,1H3,(H2,10,11). The lowest BCUT2D eigenvalue weighted by Crippen LogP contribution is -1.91. The van der Waals surface area contributed by atoms with E-state index in [1.807, 2.05) is 0 Å². The first-order chi connectivity index (χ1) is 5.68. The summed E-state index contributed by atoms with van der Waals surface area (Å²) < 4.78 is 14.3. The Morgan fingerprint density at radius 2 is 2.25 bits per heavy atom. The lowest BCUT2D eigenvalue weighted by molar-refractivity contribution is 0.628. The van der Waals surface area contributed by atoms with Crippen LogP contribution in [0.2, 0.25) is 0 Å². The Bertz CT molecular complexity index is 433. The molecule has 0 aliphatic rings. The SMILES string of the molecule is Cn1nc(N)c2ccc(F)cc21. The first-order valence-electron chi connectivity index (χ1n) is 3.56. The van der Waals surface area contributed by atoms with E-state index < -0.39 is 0 Å². The highest BCUT2D eigenvalue weighted by atomic mass is 19.1. The molecule has 0 bridgehead atoms. The first kappa shape index (κ1) is 7.09. The molecule has 0 unspecified atom stereocenters. The zero-order valence-corrected chi connectivity index (χ0v) is 6.58. The van der Waals surface area contributed by atoms with E-state index in [9.17, 15) is 4.39 Å². The van der Waals surface area contributed by atoms with Crippen LogP contribution in [0, 0.1) is 5.82 Å². The molecule has 1 heterocycles. The summed E-state index contributed by atoms with van der Waals surface area (Å²) in [6, 6.07) is 4.42. The Morgan fingerprint density at radius 3 is 3.00 bits per heavy atom. The second-order valence-corrected chi connectivity index (χ2v) is 2.67. The number of nitrogens with zero attached hydrogens (tertiary/aromatic N) is 2. The summed E-state index contributed by atoms with van der Waals surface area (Å²) in [6.07, 6.45) is 0. The fourth-order valence-electron chi connectivity index (χ4n) is 1.26. The summed E-state index contributed by atoms with van der Waals surface area (Å²) in [5.74, 6) is 0.165. The minimum Gasteiger partial charge on any atom is -0.382 e. The largest absolute Gasteiger partial charge is 0.382 e. The van der Waals surface area contributed by atoms with Crippen LogP contribution in [0.3, 0.4) is 0 Å². The fraction of sp³-hybridized carbons (Fsp3) is 0.125. The molecule has 3 nitrogen and oxygen atoms in total. The normalized spacial score (nSPS) is 10.8. The van der Waals surface area contributed by atoms with Crippen molar-refractivity contribution in [1.29, 1.82) is 0 Å². The molecule has 2 N–H and O–H groups in total. The summed E-state index contributed by atoms with van der Waals surface area (Å²) in [7, 11) is 1.73. The molecule has 0 amide bonds. The van der Waals surface area contributed by atoms with E-state index in [2.05, 4.69) is 5.10 Å². The second kappa shape index (κ2) is 2.20. The summed E-state index contributed by atoms with van der Waals surface area (Å²) in [6.45, 7) is 0. The molecule has 62 valence electrons. The Labute approximate surface area is 68.6 Å². The molecular formula is C8H8FN3. The van der Waals surface area contributed by atoms with Gasteiger partial charge in [0.15, 0.2) is 5.82 Å². The van der Waals surface area contributed by atoms with Gasteiger partial charge in [0.2, 0.25) is 0 Å². The Kier molecular flexibility index (Phi) is 1.30. The van der Waals surface area contributed by atoms with Crippen LogP contribution in [0.15, 0.2) is 18.2 Å². The van der Waals surface area contributed by atoms with Crippen LogP contribution in [0.25, 0.3) is 10.9 Å². The molecule has 0 fully saturated rings. The number of anilines is 1. The van der Waals surface area contributed by atoms with Crippen LogP contribution < -0.4 is 5.73 Å². The molecule has 12 heavy (non-hydrogen) atoms. The Balaban J connectivity index is 2.90. The maximum absolute atomic E-state index is 12.7. The molecule has 1 aromatic heterocycles. The van der Waals surface area contributed by atoms with E-state index in [1.54, 1.807) is 17.8 Å². The van der Waals surface area contributed by atoms with Crippen LogP contribution >= 0.6 is 0 Å². The number of aromatic nitrogens is 2. The molecule has 2 aromatic rings. The van der Waals surface area contributed by atoms with Gasteiger partial charge in [0, 0.05) is 12.4 Å². The number of nitrogens with two attached hydrogens (primary N) is 1. The number of benzene rings is 1. The third-order valence-corrected chi connectivity index (χ3v) is 1.84. The molecule has 0 saturated heterocycles. The fourth-order valence-corrected chi connectivity index (χ4v) is 1.26. The third-order valence-electron chi connectivity index (χ3n) is 1.84. The lowest BCUT2D eigenvalue weighted by Gasteiger charge is -1.92. The first-order valence-corrected chi connectivity index (χ1v) is 3.56. The van der Waals surface area contributed by atoms with E-state index in [0.29, 0.717) is 11.3 Å². The highest BCUT2D eigenvalue weighted by Gasteiger charge is 2.04. The number of halogens is 1. The zero-order chi connectivity index (χ0) is 8.72. The van der Waals surface area contributed by atoms with E-state index in [4.69, 9.17) is 5.73 Å². The van der Waals surface area contributed by atoms with Crippen LogP contribution in [-0.4, -0.2) is 9.78 Å². The predicted octanol–water partition coefficient (Wildman–Crippen LogP) is 1.29. The van der Waals surface area contributed by atoms with Gasteiger partial charge in [-0.05, 0) is 18.2 Å². The van der Waals surface area contributed by atoms with Crippen molar-refractivity contribution in [1.82, 2.24) is 9.78 Å². The van der Waals surface area contributed by atoms with Gasteiger partial charge in [0.05, 0.1) is 5.52 Å². The molecule has 1 aromatic carbocycles. The molecule has 4 heteroatoms. The number of hydrogen-bond donors (Lipinski definition) is 1. The van der Waals surface area contributed by atoms with Gasteiger partial charge in [-0.15, -0.1) is 0 Å². The topological polar surface area (TPSA) is 43.8 Å². The lowest BCUT2D eigenvalue weighted by atomic mass is 10.2. The van der Waals surface area contributed by atoms with Crippen LogP contribution in [0.1, 0.15) is 0 Å². The predicted molar refractivity (Wildman–Crippen MR) is 45.1 cm³/mol. The summed E-state index contributed by atoms with van der Waals surface area (Å²) >= 11 is 0. The van der Waals surface area contributed by atoms with Gasteiger partial charge in [-0.2, -0.15) is 5.10 Å². The minimum atomic E-state index is -0.273. The van der Waals surface area contributed by atoms with Crippen LogP contribution in [-0.2, 0) is 7.05 Å². The minimum absolute atomic E-state index is 0.273. The van der Waals surface area contributed by atoms with E-state index >= 15 is 0 Å². The highest BCUT2D eigenvalue weighted by Crippen LogP contribution is 2.19. The summed E-state index contributed by atoms with van der Waals surface area (Å²) in [4.78, 5) is 0. The molecule has 2 rings (SSSR count). The smallest absolute Gasteiger partial charge is 0.153 e. The van der Waals surface area contributed by atoms with Crippen molar-refractivity contribution in [3.05, 3.63) is 24.0 Å². The molecule has 0 saturated carbocycles. The van der Waals surface area contributed by atoms with Crippen molar-refractivity contribution in [3.63, 3.8) is 0 Å². The molecular weight excluding hydrogens is 157 g/mol. The molecule has 0 radical (unpaired) electrons. The van der Waals surface area contributed by atoms with Gasteiger partial charge in [-0.1, -0.05) is 0 Å². The molecule has 0 aliphatic carbocycles. The van der Waals surface area contributed by atoms with Gasteiger partial charge >= 0.3 is 0 Å². The Morgan fingerprint density at radius 1 is 1.50 bits per heavy atom. The molecule has 0 atom stereocenters. The van der Waals surface area contributed by atoms with Gasteiger partial charge in [0.1, 0.15) is 5.82 Å². The summed E-state index contributed by atoms with van der Waals surface area (Å²) in [5.41, 5.74) is 6.29. The van der Waals surface area contributed by atoms with Crippen molar-refractivity contribution in [2.24, 2.45) is 7.05 Å². The number of hydrogen-bond acceptors (Lipinski definition) is 2. The van der Waals surface area contributed by atoms with Crippen molar-refractivity contribution >= 4 is 16.7 Å². The monoisotopic (exact) mass is 165 g/mol. The maximum Gasteiger partial charge on any atom is 0.153 e. The average Bonchev–Trinajstić information content (AvgIpc) is 2.28. The highest BCUT2D eigenvalue weighted by molar-refractivity contribution is 5.88. The van der Waals surface area contributed by atoms with Crippen LogP contribution in [0.4, 0.5) is 10.2 Å². The van der Waals surface area contributed by atoms with Crippen LogP contribution in [0.5, 0.6) is 0 Å². The third kappa shape index (κ3) is 0.845. The average molecular weight is 165 g/mol. The second-order valence-electron chi connectivity index (χ2n) is 2.67. The Hall–Kier alpha value is -1.58. The van der Waals surface area contributed by atoms with E-state index in [0.717, 1.165) is 5.39 Å². The van der Waals surface area contributed by atoms with Gasteiger partial charge in [-0.25, -0.2) is 4.39 Å². The zero-order valence-electron chi connectivity index (χ0n) is 6.58. The van der Waals surface area contributed by atoms with Crippen molar-refractivity contribution in [2.75, 3.05) is 5.73 Å². The van der Waals surface area contributed by atoms with Gasteiger partial charge in [0.25, 0.3) is 0 Å². The number of nitrogen functional groups attached to an aromatic ring is 1. The van der Waals surface area contributed by atoms with Crippen molar-refractivity contribution < 1.29 is 4.39 Å². The number of rotatable bonds is 0. The number of aryl methyl sites for hydroxylation is 1. The van der Waals surface area contributed by atoms with Crippen molar-refractivity contribution in [2.45, 2.75) is 0 Å². The number of fused-ring (bicyclic) bond motifs is 1. The quantitative estimate of drug-likeness (QED) is 0.639. The van der Waals surface area contributed by atoms with Gasteiger partial charge < -0.3 is 5.73 Å². The summed E-state index contributed by atoms with van der Waals surface area (Å²) in [5, 5.41) is 4.75. The van der Waals surface area contributed by atoms with Crippen molar-refractivity contribution in [3.8, 4) is 0 Å². The molecule has 0 spiro atoms. The maximum atomic E-state index is 12.7. The van der Waals surface area contributed by atoms with E-state index in [-0.39, 0.29) is 5.82 Å². The molecule has 0 aliphatic heterocycles. The van der Waals surface area contributed by atoms with E-state index in [1.165, 1.54) is 12.1 Å². The van der Waals surface area contributed by atoms with Gasteiger partial charge in [-0.3, -0.25) is 4.68 Å².